The van der Waals surface area contributed by atoms with Gasteiger partial charge in [-0.2, -0.15) is 0 Å². The van der Waals surface area contributed by atoms with Crippen LogP contribution in [0.5, 0.6) is 0 Å². The Hall–Kier alpha value is -0.840. The summed E-state index contributed by atoms with van der Waals surface area (Å²) in [6.07, 6.45) is 1.20. The molecule has 1 fully saturated rings. The first-order chi connectivity index (χ1) is 9.52. The Balaban J connectivity index is 2.04. The molecule has 1 aromatic rings. The van der Waals surface area contributed by atoms with Gasteiger partial charge in [0.25, 0.3) is 0 Å². The van der Waals surface area contributed by atoms with Gasteiger partial charge in [-0.1, -0.05) is 30.7 Å². The van der Waals surface area contributed by atoms with Gasteiger partial charge in [-0.05, 0) is 31.5 Å². The third-order valence-corrected chi connectivity index (χ3v) is 4.64. The topological polar surface area (TPSA) is 32.5 Å². The second-order valence-corrected chi connectivity index (χ2v) is 6.16. The van der Waals surface area contributed by atoms with Crippen LogP contribution in [-0.4, -0.2) is 42.1 Å². The largest absolute Gasteiger partial charge is 0.389 e. The van der Waals surface area contributed by atoms with Crippen LogP contribution < -0.4 is 10.6 Å². The lowest BCUT2D eigenvalue weighted by Gasteiger charge is -2.39. The van der Waals surface area contributed by atoms with Gasteiger partial charge in [0.1, 0.15) is 4.99 Å². The van der Waals surface area contributed by atoms with Crippen molar-refractivity contribution in [3.05, 3.63) is 28.8 Å². The molecule has 1 unspecified atom stereocenters. The maximum atomic E-state index is 6.24. The molecule has 2 N–H and O–H groups in total. The van der Waals surface area contributed by atoms with Crippen LogP contribution >= 0.6 is 23.8 Å². The Labute approximate surface area is 131 Å². The smallest absolute Gasteiger partial charge is 0.105 e. The molecule has 0 amide bonds. The van der Waals surface area contributed by atoms with Crippen molar-refractivity contribution in [1.29, 1.82) is 0 Å². The number of hydrogen-bond donors (Lipinski definition) is 1. The summed E-state index contributed by atoms with van der Waals surface area (Å²) < 4.78 is 0. The maximum absolute atomic E-state index is 6.24. The highest BCUT2D eigenvalue weighted by Gasteiger charge is 2.20. The summed E-state index contributed by atoms with van der Waals surface area (Å²) in [5.74, 6) is 0. The minimum atomic E-state index is 0.350. The number of anilines is 1. The standard InChI is InChI=1S/C15H22ClN3S/c1-3-11(2)18-6-8-19(9-7-18)12-4-5-13(15(17)20)14(16)10-12/h4-5,10-11H,3,6-9H2,1-2H3,(H2,17,20). The molecule has 20 heavy (non-hydrogen) atoms. The molecule has 0 spiro atoms. The number of halogens is 1. The minimum Gasteiger partial charge on any atom is -0.389 e. The van der Waals surface area contributed by atoms with Crippen molar-refractivity contribution in [2.75, 3.05) is 31.1 Å². The van der Waals surface area contributed by atoms with Crippen LogP contribution in [0.25, 0.3) is 0 Å². The first-order valence-electron chi connectivity index (χ1n) is 7.11. The highest BCUT2D eigenvalue weighted by molar-refractivity contribution is 7.80. The summed E-state index contributed by atoms with van der Waals surface area (Å²) in [4.78, 5) is 5.26. The Morgan fingerprint density at radius 3 is 2.50 bits per heavy atom. The second kappa shape index (κ2) is 6.74. The predicted molar refractivity (Wildman–Crippen MR) is 90.9 cm³/mol. The van der Waals surface area contributed by atoms with E-state index >= 15 is 0 Å². The summed E-state index contributed by atoms with van der Waals surface area (Å²) >= 11 is 11.2. The van der Waals surface area contributed by atoms with Gasteiger partial charge in [0.15, 0.2) is 0 Å². The van der Waals surface area contributed by atoms with E-state index in [1.54, 1.807) is 0 Å². The second-order valence-electron chi connectivity index (χ2n) is 5.31. The molecule has 0 bridgehead atoms. The van der Waals surface area contributed by atoms with E-state index in [0.29, 0.717) is 16.1 Å². The molecule has 0 radical (unpaired) electrons. The first kappa shape index (κ1) is 15.5. The number of benzene rings is 1. The van der Waals surface area contributed by atoms with E-state index in [1.165, 1.54) is 6.42 Å². The zero-order valence-electron chi connectivity index (χ0n) is 12.1. The quantitative estimate of drug-likeness (QED) is 0.867. The summed E-state index contributed by atoms with van der Waals surface area (Å²) in [6, 6.07) is 6.60. The van der Waals surface area contributed by atoms with Crippen molar-refractivity contribution in [3.63, 3.8) is 0 Å². The molecule has 0 aliphatic carbocycles. The highest BCUT2D eigenvalue weighted by Crippen LogP contribution is 2.25. The van der Waals surface area contributed by atoms with Gasteiger partial charge in [0.2, 0.25) is 0 Å². The summed E-state index contributed by atoms with van der Waals surface area (Å²) in [7, 11) is 0. The van der Waals surface area contributed by atoms with Gasteiger partial charge in [0.05, 0.1) is 5.02 Å². The van der Waals surface area contributed by atoms with E-state index < -0.39 is 0 Å². The van der Waals surface area contributed by atoms with Gasteiger partial charge in [0, 0.05) is 43.5 Å². The zero-order chi connectivity index (χ0) is 14.7. The fraction of sp³-hybridized carbons (Fsp3) is 0.533. The molecule has 110 valence electrons. The molecule has 1 saturated heterocycles. The van der Waals surface area contributed by atoms with Crippen LogP contribution in [-0.2, 0) is 0 Å². The highest BCUT2D eigenvalue weighted by atomic mass is 35.5. The number of hydrogen-bond acceptors (Lipinski definition) is 3. The van der Waals surface area contributed by atoms with Gasteiger partial charge >= 0.3 is 0 Å². The Bertz CT molecular complexity index is 484. The fourth-order valence-corrected chi connectivity index (χ4v) is 3.09. The number of nitrogens with zero attached hydrogens (tertiary/aromatic N) is 2. The lowest BCUT2D eigenvalue weighted by Crippen LogP contribution is -2.49. The molecule has 2 rings (SSSR count). The Morgan fingerprint density at radius 1 is 1.35 bits per heavy atom. The van der Waals surface area contributed by atoms with Crippen LogP contribution in [0.1, 0.15) is 25.8 Å². The van der Waals surface area contributed by atoms with Crippen molar-refractivity contribution in [2.45, 2.75) is 26.3 Å². The molecule has 3 nitrogen and oxygen atoms in total. The lowest BCUT2D eigenvalue weighted by atomic mass is 10.1. The van der Waals surface area contributed by atoms with Gasteiger partial charge in [-0.3, -0.25) is 4.90 Å². The first-order valence-corrected chi connectivity index (χ1v) is 7.90. The minimum absolute atomic E-state index is 0.350. The van der Waals surface area contributed by atoms with Gasteiger partial charge in [-0.15, -0.1) is 0 Å². The molecule has 1 aromatic carbocycles. The van der Waals surface area contributed by atoms with Crippen molar-refractivity contribution >= 4 is 34.5 Å². The zero-order valence-corrected chi connectivity index (χ0v) is 13.7. The molecule has 0 aromatic heterocycles. The molecular weight excluding hydrogens is 290 g/mol. The van der Waals surface area contributed by atoms with E-state index in [9.17, 15) is 0 Å². The molecule has 1 aliphatic heterocycles. The number of nitrogens with two attached hydrogens (primary N) is 1. The summed E-state index contributed by atoms with van der Waals surface area (Å²) in [6.45, 7) is 8.81. The number of rotatable bonds is 4. The van der Waals surface area contributed by atoms with Crippen LogP contribution in [0.3, 0.4) is 0 Å². The van der Waals surface area contributed by atoms with Crippen molar-refractivity contribution in [1.82, 2.24) is 4.90 Å². The molecule has 1 heterocycles. The van der Waals surface area contributed by atoms with Crippen LogP contribution in [0.15, 0.2) is 18.2 Å². The lowest BCUT2D eigenvalue weighted by molar-refractivity contribution is 0.193. The monoisotopic (exact) mass is 311 g/mol. The van der Waals surface area contributed by atoms with E-state index in [0.717, 1.165) is 37.4 Å². The van der Waals surface area contributed by atoms with E-state index in [1.807, 2.05) is 12.1 Å². The molecule has 1 atom stereocenters. The van der Waals surface area contributed by atoms with Gasteiger partial charge in [-0.25, -0.2) is 0 Å². The third kappa shape index (κ3) is 3.43. The Kier molecular flexibility index (Phi) is 5.24. The van der Waals surface area contributed by atoms with Crippen LogP contribution in [0.4, 0.5) is 5.69 Å². The predicted octanol–water partition coefficient (Wildman–Crippen LogP) is 2.89. The van der Waals surface area contributed by atoms with Gasteiger partial charge < -0.3 is 10.6 Å². The SMILES string of the molecule is CCC(C)N1CCN(c2ccc(C(N)=S)c(Cl)c2)CC1. The average molecular weight is 312 g/mol. The third-order valence-electron chi connectivity index (χ3n) is 4.11. The molecule has 0 saturated carbocycles. The molecular formula is C15H22ClN3S. The average Bonchev–Trinajstić information content (AvgIpc) is 2.46. The normalized spacial score (nSPS) is 18.1. The van der Waals surface area contributed by atoms with Crippen LogP contribution in [0.2, 0.25) is 5.02 Å². The maximum Gasteiger partial charge on any atom is 0.105 e. The molecule has 1 aliphatic rings. The van der Waals surface area contributed by atoms with E-state index in [-0.39, 0.29) is 0 Å². The number of piperazine rings is 1. The Morgan fingerprint density at radius 2 is 2.00 bits per heavy atom. The van der Waals surface area contributed by atoms with Crippen molar-refractivity contribution in [3.8, 4) is 0 Å². The van der Waals surface area contributed by atoms with Crippen LogP contribution in [0, 0.1) is 0 Å². The summed E-state index contributed by atoms with van der Waals surface area (Å²) in [5.41, 5.74) is 7.54. The molecule has 5 heteroatoms. The summed E-state index contributed by atoms with van der Waals surface area (Å²) in [5, 5.41) is 0.638. The van der Waals surface area contributed by atoms with Crippen molar-refractivity contribution < 1.29 is 0 Å². The fourth-order valence-electron chi connectivity index (χ4n) is 2.58. The van der Waals surface area contributed by atoms with E-state index in [2.05, 4.69) is 29.7 Å². The number of thiocarbonyl (C=S) groups is 1. The van der Waals surface area contributed by atoms with Crippen molar-refractivity contribution in [2.24, 2.45) is 5.73 Å². The van der Waals surface area contributed by atoms with E-state index in [4.69, 9.17) is 29.6 Å².